The first-order valence-corrected chi connectivity index (χ1v) is 8.14. The zero-order valence-corrected chi connectivity index (χ0v) is 14.2. The van der Waals surface area contributed by atoms with Gasteiger partial charge in [0.05, 0.1) is 23.0 Å². The van der Waals surface area contributed by atoms with Gasteiger partial charge in [-0.05, 0) is 37.3 Å². The van der Waals surface area contributed by atoms with Gasteiger partial charge in [-0.1, -0.05) is 0 Å². The molecule has 0 aliphatic heterocycles. The predicted octanol–water partition coefficient (Wildman–Crippen LogP) is 3.92. The van der Waals surface area contributed by atoms with Gasteiger partial charge in [0.1, 0.15) is 23.9 Å². The molecule has 4 rings (SSSR count). The Balaban J connectivity index is 1.65. The van der Waals surface area contributed by atoms with Crippen molar-refractivity contribution >= 4 is 22.6 Å². The molecule has 3 heterocycles. The summed E-state index contributed by atoms with van der Waals surface area (Å²) in [4.78, 5) is 16.6. The number of rotatable bonds is 4. The zero-order valence-electron chi connectivity index (χ0n) is 14.2. The maximum absolute atomic E-state index is 13.7. The van der Waals surface area contributed by atoms with Crippen LogP contribution in [0, 0.1) is 18.6 Å². The Hall–Kier alpha value is -3.55. The molecule has 0 bridgehead atoms. The summed E-state index contributed by atoms with van der Waals surface area (Å²) in [5, 5.41) is 7.56. The number of hydrogen-bond donors (Lipinski definition) is 1. The second-order valence-electron chi connectivity index (χ2n) is 5.95. The molecule has 0 unspecified atom stereocenters. The number of furan rings is 1. The summed E-state index contributed by atoms with van der Waals surface area (Å²) in [6.07, 6.45) is 3.18. The van der Waals surface area contributed by atoms with Gasteiger partial charge in [-0.25, -0.2) is 18.4 Å². The Morgan fingerprint density at radius 1 is 1.26 bits per heavy atom. The molecule has 0 spiro atoms. The molecular weight excluding hydrogens is 354 g/mol. The van der Waals surface area contributed by atoms with Crippen molar-refractivity contribution in [2.24, 2.45) is 0 Å². The van der Waals surface area contributed by atoms with Crippen molar-refractivity contribution < 1.29 is 18.0 Å². The van der Waals surface area contributed by atoms with Gasteiger partial charge < -0.3 is 9.73 Å². The van der Waals surface area contributed by atoms with E-state index in [4.69, 9.17) is 4.42 Å². The van der Waals surface area contributed by atoms with Crippen molar-refractivity contribution in [2.75, 3.05) is 5.32 Å². The Bertz CT molecular complexity index is 1140. The molecular formula is C19H14F2N4O2. The number of nitrogens with one attached hydrogen (secondary N) is 1. The zero-order chi connectivity index (χ0) is 19.0. The van der Waals surface area contributed by atoms with E-state index in [-0.39, 0.29) is 12.2 Å². The topological polar surface area (TPSA) is 73.0 Å². The molecule has 0 atom stereocenters. The highest BCUT2D eigenvalue weighted by Gasteiger charge is 2.17. The average molecular weight is 368 g/mol. The number of anilines is 1. The standard InChI is InChI=1S/C19H14F2N4O2/c1-11-18-13(16-3-2-8-27-16)6-7-22-19(18)25(24-11)10-17(26)23-15-5-4-12(20)9-14(15)21/h2-9H,10H2,1H3,(H,23,26). The fourth-order valence-electron chi connectivity index (χ4n) is 2.95. The van der Waals surface area contributed by atoms with Crippen LogP contribution < -0.4 is 5.32 Å². The molecule has 0 aliphatic rings. The lowest BCUT2D eigenvalue weighted by Gasteiger charge is -2.07. The third kappa shape index (κ3) is 3.17. The number of aromatic nitrogens is 3. The predicted molar refractivity (Wildman–Crippen MR) is 95.0 cm³/mol. The quantitative estimate of drug-likeness (QED) is 0.593. The van der Waals surface area contributed by atoms with Crippen LogP contribution in [0.2, 0.25) is 0 Å². The third-order valence-corrected chi connectivity index (χ3v) is 4.09. The molecule has 1 amide bonds. The lowest BCUT2D eigenvalue weighted by atomic mass is 10.1. The van der Waals surface area contributed by atoms with Crippen molar-refractivity contribution in [2.45, 2.75) is 13.5 Å². The second-order valence-corrected chi connectivity index (χ2v) is 5.95. The van der Waals surface area contributed by atoms with Crippen molar-refractivity contribution in [3.8, 4) is 11.3 Å². The van der Waals surface area contributed by atoms with Gasteiger partial charge in [-0.15, -0.1) is 0 Å². The number of amides is 1. The SMILES string of the molecule is Cc1nn(CC(=O)Nc2ccc(F)cc2F)c2nccc(-c3ccco3)c12. The number of nitrogens with zero attached hydrogens (tertiary/aromatic N) is 3. The van der Waals surface area contributed by atoms with Crippen LogP contribution in [-0.2, 0) is 11.3 Å². The van der Waals surface area contributed by atoms with E-state index < -0.39 is 17.5 Å². The Kier molecular flexibility index (Phi) is 4.15. The summed E-state index contributed by atoms with van der Waals surface area (Å²) in [6.45, 7) is 1.64. The lowest BCUT2D eigenvalue weighted by Crippen LogP contribution is -2.20. The molecule has 0 radical (unpaired) electrons. The number of fused-ring (bicyclic) bond motifs is 1. The number of halogens is 2. The van der Waals surface area contributed by atoms with E-state index in [2.05, 4.69) is 15.4 Å². The van der Waals surface area contributed by atoms with Gasteiger partial charge in [0.2, 0.25) is 5.91 Å². The van der Waals surface area contributed by atoms with Crippen molar-refractivity contribution in [3.05, 3.63) is 66.2 Å². The van der Waals surface area contributed by atoms with Gasteiger partial charge in [-0.2, -0.15) is 5.10 Å². The highest BCUT2D eigenvalue weighted by molar-refractivity contribution is 5.95. The summed E-state index contributed by atoms with van der Waals surface area (Å²) in [6, 6.07) is 8.38. The highest BCUT2D eigenvalue weighted by Crippen LogP contribution is 2.30. The number of carbonyl (C=O) groups is 1. The summed E-state index contributed by atoms with van der Waals surface area (Å²) >= 11 is 0. The minimum absolute atomic E-state index is 0.0983. The largest absolute Gasteiger partial charge is 0.464 e. The van der Waals surface area contributed by atoms with Crippen LogP contribution in [0.4, 0.5) is 14.5 Å². The number of carbonyl (C=O) groups excluding carboxylic acids is 1. The minimum atomic E-state index is -0.844. The first-order valence-electron chi connectivity index (χ1n) is 8.14. The van der Waals surface area contributed by atoms with Crippen molar-refractivity contribution in [3.63, 3.8) is 0 Å². The van der Waals surface area contributed by atoms with E-state index in [0.29, 0.717) is 23.2 Å². The van der Waals surface area contributed by atoms with Crippen LogP contribution in [0.1, 0.15) is 5.69 Å². The van der Waals surface area contributed by atoms with E-state index in [9.17, 15) is 13.6 Å². The Labute approximate surface area is 152 Å². The van der Waals surface area contributed by atoms with Crippen LogP contribution >= 0.6 is 0 Å². The van der Waals surface area contributed by atoms with E-state index >= 15 is 0 Å². The fraction of sp³-hybridized carbons (Fsp3) is 0.105. The fourth-order valence-corrected chi connectivity index (χ4v) is 2.95. The normalized spacial score (nSPS) is 11.1. The van der Waals surface area contributed by atoms with Gasteiger partial charge in [0.15, 0.2) is 5.65 Å². The molecule has 0 saturated carbocycles. The smallest absolute Gasteiger partial charge is 0.246 e. The van der Waals surface area contributed by atoms with E-state index in [1.54, 1.807) is 18.5 Å². The number of benzene rings is 1. The van der Waals surface area contributed by atoms with Gasteiger partial charge in [0, 0.05) is 17.8 Å². The van der Waals surface area contributed by atoms with Gasteiger partial charge in [0.25, 0.3) is 0 Å². The molecule has 0 fully saturated rings. The number of pyridine rings is 1. The summed E-state index contributed by atoms with van der Waals surface area (Å²) in [5.74, 6) is -1.39. The average Bonchev–Trinajstić information content (AvgIpc) is 3.27. The molecule has 4 aromatic rings. The van der Waals surface area contributed by atoms with Crippen LogP contribution in [0.25, 0.3) is 22.4 Å². The molecule has 8 heteroatoms. The summed E-state index contributed by atoms with van der Waals surface area (Å²) in [7, 11) is 0. The Morgan fingerprint density at radius 3 is 2.85 bits per heavy atom. The second kappa shape index (κ2) is 6.64. The first-order chi connectivity index (χ1) is 13.0. The van der Waals surface area contributed by atoms with E-state index in [1.807, 2.05) is 19.1 Å². The van der Waals surface area contributed by atoms with Gasteiger partial charge >= 0.3 is 0 Å². The first kappa shape index (κ1) is 16.9. The highest BCUT2D eigenvalue weighted by atomic mass is 19.1. The van der Waals surface area contributed by atoms with Crippen molar-refractivity contribution in [1.82, 2.24) is 14.8 Å². The minimum Gasteiger partial charge on any atom is -0.464 e. The van der Waals surface area contributed by atoms with Crippen LogP contribution in [0.15, 0.2) is 53.3 Å². The third-order valence-electron chi connectivity index (χ3n) is 4.09. The van der Waals surface area contributed by atoms with Crippen molar-refractivity contribution in [1.29, 1.82) is 0 Å². The molecule has 1 N–H and O–H groups in total. The monoisotopic (exact) mass is 368 g/mol. The van der Waals surface area contributed by atoms with E-state index in [1.165, 1.54) is 10.7 Å². The molecule has 0 saturated heterocycles. The maximum Gasteiger partial charge on any atom is 0.246 e. The van der Waals surface area contributed by atoms with Crippen LogP contribution in [0.5, 0.6) is 0 Å². The molecule has 136 valence electrons. The van der Waals surface area contributed by atoms with E-state index in [0.717, 1.165) is 17.0 Å². The molecule has 6 nitrogen and oxygen atoms in total. The maximum atomic E-state index is 13.7. The number of aryl methyl sites for hydroxylation is 1. The molecule has 3 aromatic heterocycles. The summed E-state index contributed by atoms with van der Waals surface area (Å²) < 4.78 is 33.6. The Morgan fingerprint density at radius 2 is 2.11 bits per heavy atom. The molecule has 0 aliphatic carbocycles. The molecule has 1 aromatic carbocycles. The number of hydrogen-bond acceptors (Lipinski definition) is 4. The molecule has 27 heavy (non-hydrogen) atoms. The van der Waals surface area contributed by atoms with Crippen LogP contribution in [-0.4, -0.2) is 20.7 Å². The van der Waals surface area contributed by atoms with Crippen LogP contribution in [0.3, 0.4) is 0 Å². The van der Waals surface area contributed by atoms with Gasteiger partial charge in [-0.3, -0.25) is 4.79 Å². The summed E-state index contributed by atoms with van der Waals surface area (Å²) in [5.41, 5.74) is 1.92. The lowest BCUT2D eigenvalue weighted by molar-refractivity contribution is -0.116.